The summed E-state index contributed by atoms with van der Waals surface area (Å²) in [5.41, 5.74) is 7.66. The van der Waals surface area contributed by atoms with Crippen LogP contribution in [0.2, 0.25) is 5.02 Å². The van der Waals surface area contributed by atoms with Gasteiger partial charge in [-0.3, -0.25) is 0 Å². The Morgan fingerprint density at radius 3 is 2.87 bits per heavy atom. The lowest BCUT2D eigenvalue weighted by Gasteiger charge is -2.08. The summed E-state index contributed by atoms with van der Waals surface area (Å²) in [7, 11) is 0. The molecule has 1 heterocycles. The van der Waals surface area contributed by atoms with E-state index in [0.29, 0.717) is 16.9 Å². The molecule has 0 aliphatic carbocycles. The molecular formula is C11H14ClN3. The molecule has 80 valence electrons. The average Bonchev–Trinajstić information content (AvgIpc) is 2.45. The second-order valence-electron chi connectivity index (χ2n) is 4.08. The molecule has 2 rings (SSSR count). The highest BCUT2D eigenvalue weighted by Gasteiger charge is 2.10. The Kier molecular flexibility index (Phi) is 2.57. The Bertz CT molecular complexity index is 488. The number of imidazole rings is 1. The average molecular weight is 224 g/mol. The molecular weight excluding hydrogens is 210 g/mol. The number of rotatable bonds is 2. The number of nitrogen functional groups attached to an aromatic ring is 1. The molecule has 0 saturated carbocycles. The highest BCUT2D eigenvalue weighted by atomic mass is 35.5. The van der Waals surface area contributed by atoms with Gasteiger partial charge in [-0.15, -0.1) is 0 Å². The molecule has 0 aliphatic rings. The third kappa shape index (κ3) is 1.79. The first kappa shape index (κ1) is 10.3. The number of benzene rings is 1. The van der Waals surface area contributed by atoms with E-state index in [0.717, 1.165) is 17.6 Å². The number of aromatic nitrogens is 2. The summed E-state index contributed by atoms with van der Waals surface area (Å²) in [5, 5.41) is 0.654. The van der Waals surface area contributed by atoms with E-state index in [9.17, 15) is 0 Å². The van der Waals surface area contributed by atoms with Gasteiger partial charge in [0.1, 0.15) is 5.52 Å². The van der Waals surface area contributed by atoms with Crippen LogP contribution in [-0.2, 0) is 6.54 Å². The van der Waals surface area contributed by atoms with Gasteiger partial charge in [-0.25, -0.2) is 4.98 Å². The van der Waals surface area contributed by atoms with E-state index in [1.165, 1.54) is 0 Å². The fourth-order valence-electron chi connectivity index (χ4n) is 1.69. The zero-order valence-electron chi connectivity index (χ0n) is 8.87. The number of hydrogen-bond acceptors (Lipinski definition) is 2. The quantitative estimate of drug-likeness (QED) is 0.851. The molecule has 2 aromatic rings. The number of nitrogens with two attached hydrogens (primary N) is 1. The van der Waals surface area contributed by atoms with Gasteiger partial charge in [-0.1, -0.05) is 31.5 Å². The van der Waals surface area contributed by atoms with E-state index in [-0.39, 0.29) is 0 Å². The zero-order chi connectivity index (χ0) is 11.0. The van der Waals surface area contributed by atoms with Crippen LogP contribution in [0.4, 0.5) is 5.95 Å². The first-order chi connectivity index (χ1) is 7.09. The summed E-state index contributed by atoms with van der Waals surface area (Å²) in [4.78, 5) is 4.27. The van der Waals surface area contributed by atoms with Crippen molar-refractivity contribution < 1.29 is 0 Å². The maximum Gasteiger partial charge on any atom is 0.201 e. The van der Waals surface area contributed by atoms with Gasteiger partial charge in [0.15, 0.2) is 0 Å². The second kappa shape index (κ2) is 3.74. The van der Waals surface area contributed by atoms with E-state index in [1.54, 1.807) is 0 Å². The largest absolute Gasteiger partial charge is 0.369 e. The van der Waals surface area contributed by atoms with Crippen LogP contribution in [0.5, 0.6) is 0 Å². The van der Waals surface area contributed by atoms with Crippen molar-refractivity contribution in [2.45, 2.75) is 20.4 Å². The van der Waals surface area contributed by atoms with Crippen LogP contribution >= 0.6 is 11.6 Å². The van der Waals surface area contributed by atoms with Crippen LogP contribution in [-0.4, -0.2) is 9.55 Å². The number of anilines is 1. The van der Waals surface area contributed by atoms with Gasteiger partial charge in [-0.05, 0) is 18.1 Å². The van der Waals surface area contributed by atoms with Crippen LogP contribution in [0.1, 0.15) is 13.8 Å². The van der Waals surface area contributed by atoms with Gasteiger partial charge in [0.2, 0.25) is 5.95 Å². The minimum atomic E-state index is 0.531. The van der Waals surface area contributed by atoms with Crippen molar-refractivity contribution in [2.24, 2.45) is 5.92 Å². The molecule has 2 N–H and O–H groups in total. The lowest BCUT2D eigenvalue weighted by molar-refractivity contribution is 0.538. The van der Waals surface area contributed by atoms with Gasteiger partial charge in [0.05, 0.1) is 10.5 Å². The third-order valence-corrected chi connectivity index (χ3v) is 2.61. The molecule has 0 spiro atoms. The maximum atomic E-state index is 6.05. The van der Waals surface area contributed by atoms with E-state index in [4.69, 9.17) is 17.3 Å². The number of halogens is 1. The molecule has 0 bridgehead atoms. The lowest BCUT2D eigenvalue weighted by atomic mass is 10.2. The Labute approximate surface area is 93.9 Å². The fourth-order valence-corrected chi connectivity index (χ4v) is 1.90. The highest BCUT2D eigenvalue weighted by Crippen LogP contribution is 2.25. The fraction of sp³-hybridized carbons (Fsp3) is 0.364. The van der Waals surface area contributed by atoms with E-state index in [2.05, 4.69) is 18.8 Å². The van der Waals surface area contributed by atoms with E-state index >= 15 is 0 Å². The first-order valence-electron chi connectivity index (χ1n) is 5.00. The molecule has 0 saturated heterocycles. The van der Waals surface area contributed by atoms with Crippen molar-refractivity contribution in [2.75, 3.05) is 5.73 Å². The molecule has 0 unspecified atom stereocenters. The Hall–Kier alpha value is -1.22. The van der Waals surface area contributed by atoms with Gasteiger partial charge in [-0.2, -0.15) is 0 Å². The van der Waals surface area contributed by atoms with E-state index in [1.807, 2.05) is 22.8 Å². The number of para-hydroxylation sites is 1. The Balaban J connectivity index is 2.63. The normalized spacial score (nSPS) is 11.5. The topological polar surface area (TPSA) is 43.8 Å². The van der Waals surface area contributed by atoms with Gasteiger partial charge < -0.3 is 10.3 Å². The van der Waals surface area contributed by atoms with Crippen molar-refractivity contribution in [3.8, 4) is 0 Å². The van der Waals surface area contributed by atoms with Crippen LogP contribution in [0, 0.1) is 5.92 Å². The number of fused-ring (bicyclic) bond motifs is 1. The predicted molar refractivity (Wildman–Crippen MR) is 64.0 cm³/mol. The van der Waals surface area contributed by atoms with Crippen LogP contribution in [0.3, 0.4) is 0 Å². The summed E-state index contributed by atoms with van der Waals surface area (Å²) >= 11 is 6.05. The van der Waals surface area contributed by atoms with Gasteiger partial charge in [0.25, 0.3) is 0 Å². The maximum absolute atomic E-state index is 6.05. The lowest BCUT2D eigenvalue weighted by Crippen LogP contribution is -2.07. The molecule has 4 heteroatoms. The van der Waals surface area contributed by atoms with Gasteiger partial charge in [0, 0.05) is 6.54 Å². The summed E-state index contributed by atoms with van der Waals surface area (Å²) in [6, 6.07) is 5.74. The third-order valence-electron chi connectivity index (χ3n) is 2.31. The van der Waals surface area contributed by atoms with Crippen molar-refractivity contribution >= 4 is 28.6 Å². The Morgan fingerprint density at radius 2 is 2.20 bits per heavy atom. The van der Waals surface area contributed by atoms with Crippen molar-refractivity contribution in [1.82, 2.24) is 9.55 Å². The van der Waals surface area contributed by atoms with Crippen molar-refractivity contribution in [3.05, 3.63) is 23.2 Å². The van der Waals surface area contributed by atoms with E-state index < -0.39 is 0 Å². The molecule has 1 aromatic heterocycles. The predicted octanol–water partition coefficient (Wildman–Crippen LogP) is 2.93. The minimum Gasteiger partial charge on any atom is -0.369 e. The minimum absolute atomic E-state index is 0.531. The van der Waals surface area contributed by atoms with Gasteiger partial charge >= 0.3 is 0 Å². The molecule has 0 fully saturated rings. The summed E-state index contributed by atoms with van der Waals surface area (Å²) < 4.78 is 2.01. The Morgan fingerprint density at radius 1 is 1.47 bits per heavy atom. The molecule has 0 radical (unpaired) electrons. The molecule has 1 aromatic carbocycles. The SMILES string of the molecule is CC(C)Cn1c(N)nc2c(Cl)cccc21. The summed E-state index contributed by atoms with van der Waals surface area (Å²) in [5.74, 6) is 1.07. The first-order valence-corrected chi connectivity index (χ1v) is 5.37. The standard InChI is InChI=1S/C11H14ClN3/c1-7(2)6-15-9-5-3-4-8(12)10(9)14-11(15)13/h3-5,7H,6H2,1-2H3,(H2,13,14). The second-order valence-corrected chi connectivity index (χ2v) is 4.49. The molecule has 3 nitrogen and oxygen atoms in total. The molecule has 0 amide bonds. The molecule has 0 aliphatic heterocycles. The smallest absolute Gasteiger partial charge is 0.201 e. The highest BCUT2D eigenvalue weighted by molar-refractivity contribution is 6.35. The number of hydrogen-bond donors (Lipinski definition) is 1. The zero-order valence-corrected chi connectivity index (χ0v) is 9.62. The van der Waals surface area contributed by atoms with Crippen molar-refractivity contribution in [1.29, 1.82) is 0 Å². The summed E-state index contributed by atoms with van der Waals surface area (Å²) in [6.45, 7) is 5.16. The summed E-state index contributed by atoms with van der Waals surface area (Å²) in [6.07, 6.45) is 0. The number of nitrogens with zero attached hydrogens (tertiary/aromatic N) is 2. The van der Waals surface area contributed by atoms with Crippen LogP contribution in [0.25, 0.3) is 11.0 Å². The van der Waals surface area contributed by atoms with Crippen molar-refractivity contribution in [3.63, 3.8) is 0 Å². The molecule has 15 heavy (non-hydrogen) atoms. The van der Waals surface area contributed by atoms with Crippen LogP contribution in [0.15, 0.2) is 18.2 Å². The van der Waals surface area contributed by atoms with Crippen LogP contribution < -0.4 is 5.73 Å². The monoisotopic (exact) mass is 223 g/mol. The molecule has 0 atom stereocenters.